The molecule has 4 atom stereocenters. The Morgan fingerprint density at radius 2 is 1.41 bits per heavy atom. The lowest BCUT2D eigenvalue weighted by Crippen LogP contribution is -2.35. The molecule has 6 nitrogen and oxygen atoms in total. The highest BCUT2D eigenvalue weighted by Gasteiger charge is 2.57. The van der Waals surface area contributed by atoms with Crippen molar-refractivity contribution >= 4 is 32.1 Å². The number of aromatic hydroxyl groups is 2. The molecule has 0 spiro atoms. The van der Waals surface area contributed by atoms with Crippen LogP contribution in [0.1, 0.15) is 28.7 Å². The molecule has 2 aliphatic rings. The molecular formula is C26H24O6S2. The molecule has 3 aromatic carbocycles. The van der Waals surface area contributed by atoms with Crippen LogP contribution in [-0.4, -0.2) is 38.6 Å². The number of para-hydroxylation sites is 1. The van der Waals surface area contributed by atoms with Crippen LogP contribution in [0.5, 0.6) is 17.2 Å². The molecule has 0 aliphatic carbocycles. The number of phenolic OH excluding ortho intramolecular Hbond substituents is 2. The predicted octanol–water partition coefficient (Wildman–Crippen LogP) is 4.31. The van der Waals surface area contributed by atoms with E-state index in [9.17, 15) is 22.8 Å². The van der Waals surface area contributed by atoms with Gasteiger partial charge in [0.2, 0.25) is 0 Å². The molecule has 8 heteroatoms. The number of hydrogen-bond acceptors (Lipinski definition) is 6. The molecule has 1 fully saturated rings. The van der Waals surface area contributed by atoms with E-state index in [0.29, 0.717) is 16.7 Å². The third kappa shape index (κ3) is 3.71. The van der Waals surface area contributed by atoms with Gasteiger partial charge in [0.05, 0.1) is 10.5 Å². The molecule has 2 N–H and O–H groups in total. The summed E-state index contributed by atoms with van der Waals surface area (Å²) in [6.07, 6.45) is 0.183. The highest BCUT2D eigenvalue weighted by Crippen LogP contribution is 2.53. The quantitative estimate of drug-likeness (QED) is 0.511. The van der Waals surface area contributed by atoms with Crippen LogP contribution in [0.15, 0.2) is 66.7 Å². The van der Waals surface area contributed by atoms with Gasteiger partial charge in [0, 0.05) is 10.8 Å². The van der Waals surface area contributed by atoms with E-state index in [2.05, 4.69) is 0 Å². The van der Waals surface area contributed by atoms with Crippen molar-refractivity contribution in [3.63, 3.8) is 0 Å². The summed E-state index contributed by atoms with van der Waals surface area (Å²) in [5, 5.41) is 17.8. The van der Waals surface area contributed by atoms with E-state index >= 15 is 0 Å². The minimum atomic E-state index is -4.07. The fourth-order valence-corrected chi connectivity index (χ4v) is 9.25. The summed E-state index contributed by atoms with van der Waals surface area (Å²) in [6, 6.07) is 18.6. The minimum absolute atomic E-state index is 0.132. The van der Waals surface area contributed by atoms with Crippen LogP contribution in [0.25, 0.3) is 11.1 Å². The van der Waals surface area contributed by atoms with Gasteiger partial charge >= 0.3 is 10.1 Å². The Morgan fingerprint density at radius 1 is 0.853 bits per heavy atom. The van der Waals surface area contributed by atoms with E-state index in [-0.39, 0.29) is 23.7 Å². The Bertz CT molecular complexity index is 1440. The summed E-state index contributed by atoms with van der Waals surface area (Å²) >= 11 is 0. The van der Waals surface area contributed by atoms with Gasteiger partial charge in [-0.25, -0.2) is 0 Å². The third-order valence-corrected chi connectivity index (χ3v) is 10.4. The second kappa shape index (κ2) is 8.29. The Balaban J connectivity index is 1.66. The lowest BCUT2D eigenvalue weighted by atomic mass is 9.83. The van der Waals surface area contributed by atoms with Crippen LogP contribution in [0.2, 0.25) is 0 Å². The Labute approximate surface area is 201 Å². The van der Waals surface area contributed by atoms with E-state index in [0.717, 1.165) is 16.7 Å². The van der Waals surface area contributed by atoms with Crippen molar-refractivity contribution in [3.05, 3.63) is 89.0 Å². The van der Waals surface area contributed by atoms with Crippen molar-refractivity contribution < 1.29 is 27.0 Å². The Morgan fingerprint density at radius 3 is 1.97 bits per heavy atom. The molecule has 34 heavy (non-hydrogen) atoms. The molecule has 176 valence electrons. The fraction of sp³-hybridized carbons (Fsp3) is 0.231. The van der Waals surface area contributed by atoms with Gasteiger partial charge in [-0.15, -0.1) is 0 Å². The molecular weight excluding hydrogens is 472 g/mol. The molecule has 1 unspecified atom stereocenters. The van der Waals surface area contributed by atoms with Crippen molar-refractivity contribution in [1.82, 2.24) is 0 Å². The maximum atomic E-state index is 13.6. The summed E-state index contributed by atoms with van der Waals surface area (Å²) < 4.78 is 45.7. The van der Waals surface area contributed by atoms with E-state index in [4.69, 9.17) is 4.18 Å². The van der Waals surface area contributed by atoms with Gasteiger partial charge in [-0.2, -0.15) is 8.42 Å². The Hall–Kier alpha value is -3.10. The van der Waals surface area contributed by atoms with Gasteiger partial charge in [0.25, 0.3) is 0 Å². The molecule has 3 aromatic rings. The molecule has 1 saturated heterocycles. The summed E-state index contributed by atoms with van der Waals surface area (Å²) in [5.41, 5.74) is 4.35. The molecule has 2 aliphatic heterocycles. The van der Waals surface area contributed by atoms with Gasteiger partial charge in [0.15, 0.2) is 0 Å². The first-order valence-electron chi connectivity index (χ1n) is 10.9. The largest absolute Gasteiger partial charge is 0.508 e. The first-order chi connectivity index (χ1) is 16.2. The monoisotopic (exact) mass is 496 g/mol. The van der Waals surface area contributed by atoms with Crippen LogP contribution < -0.4 is 4.18 Å². The normalized spacial score (nSPS) is 23.9. The van der Waals surface area contributed by atoms with Gasteiger partial charge in [-0.1, -0.05) is 30.3 Å². The first-order valence-corrected chi connectivity index (χ1v) is 13.6. The smallest absolute Gasteiger partial charge is 0.313 e. The van der Waals surface area contributed by atoms with Gasteiger partial charge in [-0.3, -0.25) is 4.21 Å². The zero-order valence-corrected chi connectivity index (χ0v) is 20.3. The van der Waals surface area contributed by atoms with Crippen LogP contribution in [-0.2, 0) is 20.9 Å². The zero-order valence-electron chi connectivity index (χ0n) is 18.6. The molecule has 0 aromatic heterocycles. The molecule has 0 radical (unpaired) electrons. The average molecular weight is 497 g/mol. The van der Waals surface area contributed by atoms with E-state index in [1.54, 1.807) is 74.5 Å². The maximum absolute atomic E-state index is 13.6. The number of fused-ring (bicyclic) bond motifs is 2. The second-order valence-electron chi connectivity index (χ2n) is 8.73. The summed E-state index contributed by atoms with van der Waals surface area (Å²) in [5.74, 6) is 0.510. The number of hydrogen-bond donors (Lipinski definition) is 2. The standard InChI is InChI=1S/C26H24O6S2/c1-15-12-17(8-10-20(15)27)24-22-14-23(34(30,31)32-19-6-4-3-5-7-19)26(33(22)29)25(24)18-9-11-21(28)16(2)13-18/h3-13,22-23,26-28H,14H2,1-2H3/t22-,23-,26+,33?/m0/s1. The predicted molar refractivity (Wildman–Crippen MR) is 133 cm³/mol. The molecule has 0 amide bonds. The third-order valence-electron chi connectivity index (χ3n) is 6.55. The number of phenols is 2. The van der Waals surface area contributed by atoms with Gasteiger partial charge < -0.3 is 14.4 Å². The van der Waals surface area contributed by atoms with Gasteiger partial charge in [-0.05, 0) is 90.1 Å². The first kappa shape index (κ1) is 22.7. The van der Waals surface area contributed by atoms with E-state index in [1.807, 2.05) is 6.07 Å². The zero-order chi connectivity index (χ0) is 24.2. The van der Waals surface area contributed by atoms with Crippen molar-refractivity contribution in [1.29, 1.82) is 0 Å². The minimum Gasteiger partial charge on any atom is -0.508 e. The molecule has 5 rings (SSSR count). The lowest BCUT2D eigenvalue weighted by Gasteiger charge is -2.26. The van der Waals surface area contributed by atoms with Gasteiger partial charge in [0.1, 0.15) is 22.5 Å². The lowest BCUT2D eigenvalue weighted by molar-refractivity contribution is 0.468. The number of rotatable bonds is 5. The van der Waals surface area contributed by atoms with Crippen molar-refractivity contribution in [3.8, 4) is 17.2 Å². The SMILES string of the molecule is Cc1cc(C2=C(c3ccc(O)c(C)c3)[C@H]3[C@@H](S(=O)(=O)Oc4ccccc4)C[C@@H]2S3=O)ccc1O. The molecule has 2 bridgehead atoms. The average Bonchev–Trinajstić information content (AvgIpc) is 3.28. The summed E-state index contributed by atoms with van der Waals surface area (Å²) in [7, 11) is -5.55. The fourth-order valence-electron chi connectivity index (χ4n) is 4.87. The molecule has 2 heterocycles. The summed E-state index contributed by atoms with van der Waals surface area (Å²) in [4.78, 5) is 0. The van der Waals surface area contributed by atoms with Crippen LogP contribution in [0.4, 0.5) is 0 Å². The summed E-state index contributed by atoms with van der Waals surface area (Å²) in [6.45, 7) is 3.55. The molecule has 0 saturated carbocycles. The number of aryl methyl sites for hydroxylation is 2. The van der Waals surface area contributed by atoms with Crippen LogP contribution in [0, 0.1) is 13.8 Å². The van der Waals surface area contributed by atoms with E-state index in [1.165, 1.54) is 0 Å². The second-order valence-corrected chi connectivity index (χ2v) is 12.2. The van der Waals surface area contributed by atoms with E-state index < -0.39 is 36.7 Å². The van der Waals surface area contributed by atoms with Crippen molar-refractivity contribution in [2.75, 3.05) is 0 Å². The maximum Gasteiger partial charge on any atom is 0.313 e. The van der Waals surface area contributed by atoms with Crippen molar-refractivity contribution in [2.24, 2.45) is 0 Å². The van der Waals surface area contributed by atoms with Crippen molar-refractivity contribution in [2.45, 2.75) is 36.0 Å². The van der Waals surface area contributed by atoms with Crippen LogP contribution >= 0.6 is 0 Å². The Kier molecular flexibility index (Phi) is 5.53. The van der Waals surface area contributed by atoms with Crippen LogP contribution in [0.3, 0.4) is 0 Å². The topological polar surface area (TPSA) is 101 Å². The highest BCUT2D eigenvalue weighted by molar-refractivity contribution is 7.92. The highest BCUT2D eigenvalue weighted by atomic mass is 32.2. The number of benzene rings is 3.